The lowest BCUT2D eigenvalue weighted by Crippen LogP contribution is -2.49. The molecule has 1 saturated carbocycles. The number of ether oxygens (including phenoxy) is 1. The summed E-state index contributed by atoms with van der Waals surface area (Å²) >= 11 is 0. The van der Waals surface area contributed by atoms with Gasteiger partial charge in [0.1, 0.15) is 5.54 Å². The van der Waals surface area contributed by atoms with Crippen LogP contribution in [0.25, 0.3) is 0 Å². The molecule has 4 nitrogen and oxygen atoms in total. The molecule has 100 valence electrons. The second-order valence-electron chi connectivity index (χ2n) is 6.17. The quantitative estimate of drug-likeness (QED) is 0.815. The molecule has 0 aromatic heterocycles. The van der Waals surface area contributed by atoms with Crippen LogP contribution >= 0.6 is 0 Å². The molecule has 0 aromatic rings. The van der Waals surface area contributed by atoms with E-state index in [4.69, 9.17) is 4.74 Å². The van der Waals surface area contributed by atoms with Gasteiger partial charge in [-0.2, -0.15) is 5.26 Å². The Morgan fingerprint density at radius 2 is 2.28 bits per heavy atom. The molecule has 18 heavy (non-hydrogen) atoms. The lowest BCUT2D eigenvalue weighted by Gasteiger charge is -2.25. The largest absolute Gasteiger partial charge is 0.377 e. The summed E-state index contributed by atoms with van der Waals surface area (Å²) in [6.45, 7) is 4.86. The number of rotatable bonds is 4. The summed E-state index contributed by atoms with van der Waals surface area (Å²) < 4.78 is 5.63. The first-order valence-electron chi connectivity index (χ1n) is 7.26. The SMILES string of the molecule is CC1CC(C#N)(NCC2CCCO2)CN1C1CC1. The molecule has 1 aliphatic carbocycles. The number of nitrogens with one attached hydrogen (secondary N) is 1. The van der Waals surface area contributed by atoms with Gasteiger partial charge in [0.15, 0.2) is 0 Å². The number of nitrogens with zero attached hydrogens (tertiary/aromatic N) is 2. The van der Waals surface area contributed by atoms with Crippen molar-refractivity contribution in [3.8, 4) is 6.07 Å². The minimum absolute atomic E-state index is 0.320. The summed E-state index contributed by atoms with van der Waals surface area (Å²) in [6, 6.07) is 3.82. The van der Waals surface area contributed by atoms with E-state index in [1.54, 1.807) is 0 Å². The fourth-order valence-electron chi connectivity index (χ4n) is 3.41. The summed E-state index contributed by atoms with van der Waals surface area (Å²) in [4.78, 5) is 2.52. The van der Waals surface area contributed by atoms with E-state index in [-0.39, 0.29) is 5.54 Å². The summed E-state index contributed by atoms with van der Waals surface area (Å²) in [5.41, 5.74) is -0.339. The molecule has 2 heterocycles. The Morgan fingerprint density at radius 1 is 1.44 bits per heavy atom. The van der Waals surface area contributed by atoms with E-state index in [9.17, 15) is 5.26 Å². The second kappa shape index (κ2) is 4.80. The van der Waals surface area contributed by atoms with Crippen LogP contribution in [0.3, 0.4) is 0 Å². The molecule has 3 unspecified atom stereocenters. The van der Waals surface area contributed by atoms with Crippen LogP contribution < -0.4 is 5.32 Å². The zero-order chi connectivity index (χ0) is 12.6. The minimum Gasteiger partial charge on any atom is -0.377 e. The van der Waals surface area contributed by atoms with Gasteiger partial charge in [-0.25, -0.2) is 0 Å². The van der Waals surface area contributed by atoms with E-state index in [0.29, 0.717) is 12.1 Å². The molecule has 0 bridgehead atoms. The van der Waals surface area contributed by atoms with Crippen molar-refractivity contribution in [1.29, 1.82) is 5.26 Å². The van der Waals surface area contributed by atoms with Crippen LogP contribution in [0.2, 0.25) is 0 Å². The van der Waals surface area contributed by atoms with Gasteiger partial charge in [-0.1, -0.05) is 0 Å². The molecule has 4 heteroatoms. The van der Waals surface area contributed by atoms with Gasteiger partial charge in [-0.3, -0.25) is 10.2 Å². The highest BCUT2D eigenvalue weighted by molar-refractivity contribution is 5.16. The Bertz CT molecular complexity index is 343. The van der Waals surface area contributed by atoms with Gasteiger partial charge < -0.3 is 4.74 Å². The molecular weight excluding hydrogens is 226 g/mol. The molecule has 3 rings (SSSR count). The predicted octanol–water partition coefficient (Wildman–Crippen LogP) is 1.27. The van der Waals surface area contributed by atoms with Gasteiger partial charge in [0.25, 0.3) is 0 Å². The van der Waals surface area contributed by atoms with Gasteiger partial charge in [-0.15, -0.1) is 0 Å². The van der Waals surface area contributed by atoms with E-state index < -0.39 is 0 Å². The molecule has 3 atom stereocenters. The van der Waals surface area contributed by atoms with Crippen molar-refractivity contribution < 1.29 is 4.74 Å². The molecule has 3 fully saturated rings. The summed E-state index contributed by atoms with van der Waals surface area (Å²) in [5, 5.41) is 13.1. The second-order valence-corrected chi connectivity index (χ2v) is 6.17. The highest BCUT2D eigenvalue weighted by atomic mass is 16.5. The van der Waals surface area contributed by atoms with Crippen LogP contribution in [0, 0.1) is 11.3 Å². The molecule has 2 saturated heterocycles. The zero-order valence-electron chi connectivity index (χ0n) is 11.2. The highest BCUT2D eigenvalue weighted by Gasteiger charge is 2.47. The number of hydrogen-bond acceptors (Lipinski definition) is 4. The van der Waals surface area contributed by atoms with Gasteiger partial charge in [0, 0.05) is 31.8 Å². The molecule has 1 N–H and O–H groups in total. The van der Waals surface area contributed by atoms with E-state index in [1.165, 1.54) is 12.8 Å². The molecule has 0 radical (unpaired) electrons. The lowest BCUT2D eigenvalue weighted by molar-refractivity contribution is 0.104. The van der Waals surface area contributed by atoms with Crippen LogP contribution in [-0.4, -0.2) is 48.3 Å². The fourth-order valence-corrected chi connectivity index (χ4v) is 3.41. The van der Waals surface area contributed by atoms with Crippen molar-refractivity contribution in [1.82, 2.24) is 10.2 Å². The number of likely N-dealkylation sites (tertiary alicyclic amines) is 1. The van der Waals surface area contributed by atoms with Gasteiger partial charge in [0.05, 0.1) is 12.2 Å². The molecule has 3 aliphatic rings. The first kappa shape index (κ1) is 12.4. The molecular formula is C14H23N3O. The Labute approximate surface area is 109 Å². The van der Waals surface area contributed by atoms with Crippen LogP contribution in [0.15, 0.2) is 0 Å². The Kier molecular flexibility index (Phi) is 3.31. The van der Waals surface area contributed by atoms with Crippen LogP contribution in [0.4, 0.5) is 0 Å². The van der Waals surface area contributed by atoms with Crippen molar-refractivity contribution in [2.75, 3.05) is 19.7 Å². The molecule has 0 spiro atoms. The smallest absolute Gasteiger partial charge is 0.121 e. The van der Waals surface area contributed by atoms with Crippen molar-refractivity contribution >= 4 is 0 Å². The summed E-state index contributed by atoms with van der Waals surface area (Å²) in [5.74, 6) is 0. The maximum absolute atomic E-state index is 9.55. The average Bonchev–Trinajstić information content (AvgIpc) is 2.97. The van der Waals surface area contributed by atoms with Crippen LogP contribution in [0.1, 0.15) is 39.0 Å². The standard InChI is InChI=1S/C14H23N3O/c1-11-7-14(9-15,10-17(11)12-4-5-12)16-8-13-3-2-6-18-13/h11-13,16H,2-8,10H2,1H3. The summed E-state index contributed by atoms with van der Waals surface area (Å²) in [6.07, 6.45) is 6.20. The van der Waals surface area contributed by atoms with E-state index in [2.05, 4.69) is 23.2 Å². The average molecular weight is 249 g/mol. The van der Waals surface area contributed by atoms with Gasteiger partial charge in [0.2, 0.25) is 0 Å². The highest BCUT2D eigenvalue weighted by Crippen LogP contribution is 2.37. The maximum Gasteiger partial charge on any atom is 0.121 e. The topological polar surface area (TPSA) is 48.3 Å². The van der Waals surface area contributed by atoms with E-state index in [0.717, 1.165) is 45.0 Å². The van der Waals surface area contributed by atoms with Gasteiger partial charge in [-0.05, 0) is 39.0 Å². The van der Waals surface area contributed by atoms with Crippen LogP contribution in [0.5, 0.6) is 0 Å². The lowest BCUT2D eigenvalue weighted by atomic mass is 9.98. The van der Waals surface area contributed by atoms with E-state index >= 15 is 0 Å². The third-order valence-corrected chi connectivity index (χ3v) is 4.58. The first-order chi connectivity index (χ1) is 8.72. The summed E-state index contributed by atoms with van der Waals surface area (Å²) in [7, 11) is 0. The molecule has 2 aliphatic heterocycles. The van der Waals surface area contributed by atoms with Crippen molar-refractivity contribution in [2.24, 2.45) is 0 Å². The Hall–Kier alpha value is -0.630. The maximum atomic E-state index is 9.55. The predicted molar refractivity (Wildman–Crippen MR) is 69.1 cm³/mol. The number of hydrogen-bond donors (Lipinski definition) is 1. The molecule has 0 aromatic carbocycles. The van der Waals surface area contributed by atoms with Crippen molar-refractivity contribution in [2.45, 2.75) is 62.8 Å². The Morgan fingerprint density at radius 3 is 2.89 bits per heavy atom. The Balaban J connectivity index is 1.58. The fraction of sp³-hybridized carbons (Fsp3) is 0.929. The zero-order valence-corrected chi connectivity index (χ0v) is 11.2. The minimum atomic E-state index is -0.339. The van der Waals surface area contributed by atoms with Gasteiger partial charge >= 0.3 is 0 Å². The first-order valence-corrected chi connectivity index (χ1v) is 7.26. The third kappa shape index (κ3) is 2.40. The number of nitriles is 1. The monoisotopic (exact) mass is 249 g/mol. The third-order valence-electron chi connectivity index (χ3n) is 4.58. The molecule has 0 amide bonds. The van der Waals surface area contributed by atoms with E-state index in [1.807, 2.05) is 0 Å². The van der Waals surface area contributed by atoms with Crippen molar-refractivity contribution in [3.63, 3.8) is 0 Å². The van der Waals surface area contributed by atoms with Crippen LogP contribution in [-0.2, 0) is 4.74 Å². The van der Waals surface area contributed by atoms with Crippen molar-refractivity contribution in [3.05, 3.63) is 0 Å². The normalized spacial score (nSPS) is 41.1.